The van der Waals surface area contributed by atoms with E-state index in [1.807, 2.05) is 30.3 Å². The van der Waals surface area contributed by atoms with E-state index in [2.05, 4.69) is 31.9 Å². The van der Waals surface area contributed by atoms with Gasteiger partial charge in [-0.15, -0.1) is 0 Å². The molecule has 1 unspecified atom stereocenters. The summed E-state index contributed by atoms with van der Waals surface area (Å²) in [6, 6.07) is 12.6. The molecule has 0 aliphatic carbocycles. The van der Waals surface area contributed by atoms with Gasteiger partial charge in [0.15, 0.2) is 0 Å². The Labute approximate surface area is 127 Å². The van der Waals surface area contributed by atoms with E-state index in [4.69, 9.17) is 11.6 Å². The lowest BCUT2D eigenvalue weighted by atomic mass is 10.0. The molecule has 0 saturated heterocycles. The first-order valence-corrected chi connectivity index (χ1v) is 7.49. The monoisotopic (exact) mass is 390 g/mol. The zero-order valence-electron chi connectivity index (χ0n) is 9.34. The third-order valence-electron chi connectivity index (χ3n) is 2.64. The first-order chi connectivity index (χ1) is 8.58. The Morgan fingerprint density at radius 1 is 1.11 bits per heavy atom. The van der Waals surface area contributed by atoms with Crippen LogP contribution in [0.15, 0.2) is 46.9 Å². The molecule has 0 N–H and O–H groups in total. The molecule has 4 heteroatoms. The minimum absolute atomic E-state index is 0.0748. The molecule has 2 aromatic carbocycles. The first kappa shape index (κ1) is 14.0. The van der Waals surface area contributed by atoms with Crippen molar-refractivity contribution in [2.24, 2.45) is 0 Å². The number of alkyl halides is 1. The largest absolute Gasteiger partial charge is 0.207 e. The SMILES string of the molecule is Fc1cccc(Br)c1C(Br)Cc1ccc(Cl)cc1. The maximum absolute atomic E-state index is 13.8. The van der Waals surface area contributed by atoms with Crippen LogP contribution < -0.4 is 0 Å². The zero-order chi connectivity index (χ0) is 13.1. The molecular weight excluding hydrogens is 382 g/mol. The van der Waals surface area contributed by atoms with Gasteiger partial charge in [0.25, 0.3) is 0 Å². The summed E-state index contributed by atoms with van der Waals surface area (Å²) in [6.07, 6.45) is 0.705. The Bertz CT molecular complexity index is 520. The Hall–Kier alpha value is -0.380. The van der Waals surface area contributed by atoms with Crippen LogP contribution in [0.1, 0.15) is 16.0 Å². The van der Waals surface area contributed by atoms with Crippen molar-refractivity contribution < 1.29 is 4.39 Å². The summed E-state index contributed by atoms with van der Waals surface area (Å²) >= 11 is 12.8. The quantitative estimate of drug-likeness (QED) is 0.569. The maximum atomic E-state index is 13.8. The molecule has 0 amide bonds. The standard InChI is InChI=1S/C14H10Br2ClF/c15-11-2-1-3-13(18)14(11)12(16)8-9-4-6-10(17)7-5-9/h1-7,12H,8H2. The van der Waals surface area contributed by atoms with Gasteiger partial charge in [-0.1, -0.05) is 61.7 Å². The fourth-order valence-electron chi connectivity index (χ4n) is 1.74. The average molecular weight is 392 g/mol. The zero-order valence-corrected chi connectivity index (χ0v) is 13.3. The minimum atomic E-state index is -0.208. The normalized spacial score (nSPS) is 12.4. The van der Waals surface area contributed by atoms with Gasteiger partial charge in [0.2, 0.25) is 0 Å². The number of hydrogen-bond donors (Lipinski definition) is 0. The van der Waals surface area contributed by atoms with Crippen LogP contribution >= 0.6 is 43.5 Å². The van der Waals surface area contributed by atoms with Gasteiger partial charge in [-0.05, 0) is 36.2 Å². The van der Waals surface area contributed by atoms with E-state index in [0.717, 1.165) is 10.0 Å². The summed E-state index contributed by atoms with van der Waals surface area (Å²) < 4.78 is 14.6. The molecule has 18 heavy (non-hydrogen) atoms. The Morgan fingerprint density at radius 2 is 1.78 bits per heavy atom. The van der Waals surface area contributed by atoms with Crippen molar-refractivity contribution in [3.8, 4) is 0 Å². The summed E-state index contributed by atoms with van der Waals surface area (Å²) in [5, 5.41) is 0.706. The van der Waals surface area contributed by atoms with Crippen molar-refractivity contribution in [3.05, 3.63) is 68.9 Å². The Morgan fingerprint density at radius 3 is 2.39 bits per heavy atom. The molecule has 0 aliphatic heterocycles. The fraction of sp³-hybridized carbons (Fsp3) is 0.143. The lowest BCUT2D eigenvalue weighted by Gasteiger charge is -2.13. The molecule has 1 atom stereocenters. The van der Waals surface area contributed by atoms with Gasteiger partial charge in [0.1, 0.15) is 5.82 Å². The summed E-state index contributed by atoms with van der Waals surface area (Å²) in [5.41, 5.74) is 1.75. The van der Waals surface area contributed by atoms with Crippen LogP contribution in [-0.2, 0) is 6.42 Å². The first-order valence-electron chi connectivity index (χ1n) is 5.40. The topological polar surface area (TPSA) is 0 Å². The van der Waals surface area contributed by atoms with Crippen LogP contribution in [0, 0.1) is 5.82 Å². The molecule has 0 bridgehead atoms. The van der Waals surface area contributed by atoms with Crippen LogP contribution in [0.5, 0.6) is 0 Å². The number of halogens is 4. The molecule has 2 aromatic rings. The maximum Gasteiger partial charge on any atom is 0.128 e. The number of hydrogen-bond acceptors (Lipinski definition) is 0. The summed E-state index contributed by atoms with van der Waals surface area (Å²) in [6.45, 7) is 0. The molecule has 0 spiro atoms. The van der Waals surface area contributed by atoms with Gasteiger partial charge in [-0.3, -0.25) is 0 Å². The van der Waals surface area contributed by atoms with Gasteiger partial charge >= 0.3 is 0 Å². The van der Waals surface area contributed by atoms with Gasteiger partial charge in [0, 0.05) is 19.9 Å². The lowest BCUT2D eigenvalue weighted by Crippen LogP contribution is -1.99. The molecule has 94 valence electrons. The third-order valence-corrected chi connectivity index (χ3v) is 4.37. The highest BCUT2D eigenvalue weighted by molar-refractivity contribution is 9.11. The Balaban J connectivity index is 2.22. The highest BCUT2D eigenvalue weighted by Crippen LogP contribution is 2.34. The summed E-state index contributed by atoms with van der Waals surface area (Å²) in [4.78, 5) is -0.0748. The van der Waals surface area contributed by atoms with E-state index < -0.39 is 0 Å². The van der Waals surface area contributed by atoms with Crippen molar-refractivity contribution in [2.75, 3.05) is 0 Å². The van der Waals surface area contributed by atoms with Crippen LogP contribution in [0.25, 0.3) is 0 Å². The molecule has 0 aliphatic rings. The fourth-order valence-corrected chi connectivity index (χ4v) is 3.63. The second-order valence-electron chi connectivity index (χ2n) is 3.93. The molecule has 2 rings (SSSR count). The molecule has 0 nitrogen and oxygen atoms in total. The van der Waals surface area contributed by atoms with Gasteiger partial charge in [-0.25, -0.2) is 4.39 Å². The summed E-state index contributed by atoms with van der Waals surface area (Å²) in [5.74, 6) is -0.208. The van der Waals surface area contributed by atoms with Gasteiger partial charge < -0.3 is 0 Å². The predicted octanol–water partition coefficient (Wildman–Crippen LogP) is 5.92. The summed E-state index contributed by atoms with van der Waals surface area (Å²) in [7, 11) is 0. The molecule has 0 aromatic heterocycles. The van der Waals surface area contributed by atoms with Crippen LogP contribution in [0.4, 0.5) is 4.39 Å². The second kappa shape index (κ2) is 6.18. The lowest BCUT2D eigenvalue weighted by molar-refractivity contribution is 0.606. The highest BCUT2D eigenvalue weighted by Gasteiger charge is 2.16. The third kappa shape index (κ3) is 3.34. The second-order valence-corrected chi connectivity index (χ2v) is 6.33. The molecule has 0 fully saturated rings. The van der Waals surface area contributed by atoms with E-state index in [9.17, 15) is 4.39 Å². The van der Waals surface area contributed by atoms with E-state index in [-0.39, 0.29) is 10.6 Å². The minimum Gasteiger partial charge on any atom is -0.207 e. The van der Waals surface area contributed by atoms with E-state index in [0.29, 0.717) is 17.0 Å². The van der Waals surface area contributed by atoms with Crippen molar-refractivity contribution in [1.82, 2.24) is 0 Å². The van der Waals surface area contributed by atoms with Crippen LogP contribution in [-0.4, -0.2) is 0 Å². The van der Waals surface area contributed by atoms with Crippen LogP contribution in [0.3, 0.4) is 0 Å². The highest BCUT2D eigenvalue weighted by atomic mass is 79.9. The molecule has 0 heterocycles. The van der Waals surface area contributed by atoms with Crippen molar-refractivity contribution in [2.45, 2.75) is 11.2 Å². The molecule has 0 radical (unpaired) electrons. The van der Waals surface area contributed by atoms with Crippen molar-refractivity contribution in [1.29, 1.82) is 0 Å². The average Bonchev–Trinajstić information content (AvgIpc) is 2.32. The van der Waals surface area contributed by atoms with Gasteiger partial charge in [0.05, 0.1) is 0 Å². The van der Waals surface area contributed by atoms with Gasteiger partial charge in [-0.2, -0.15) is 0 Å². The van der Waals surface area contributed by atoms with E-state index in [1.165, 1.54) is 6.07 Å². The number of rotatable bonds is 3. The predicted molar refractivity (Wildman–Crippen MR) is 80.9 cm³/mol. The van der Waals surface area contributed by atoms with E-state index >= 15 is 0 Å². The van der Waals surface area contributed by atoms with Crippen molar-refractivity contribution >= 4 is 43.5 Å². The number of benzene rings is 2. The Kier molecular flexibility index (Phi) is 4.82. The van der Waals surface area contributed by atoms with E-state index in [1.54, 1.807) is 6.07 Å². The van der Waals surface area contributed by atoms with Crippen molar-refractivity contribution in [3.63, 3.8) is 0 Å². The smallest absolute Gasteiger partial charge is 0.128 e. The molecule has 0 saturated carbocycles. The van der Waals surface area contributed by atoms with Crippen LogP contribution in [0.2, 0.25) is 5.02 Å². The molecular formula is C14H10Br2ClF.